The molecule has 7 nitrogen and oxygen atoms in total. The quantitative estimate of drug-likeness (QED) is 0.670. The average Bonchev–Trinajstić information content (AvgIpc) is 3.17. The number of H-pyrrole nitrogens is 1. The van der Waals surface area contributed by atoms with E-state index < -0.39 is 0 Å². The van der Waals surface area contributed by atoms with Gasteiger partial charge in [-0.25, -0.2) is 4.98 Å². The summed E-state index contributed by atoms with van der Waals surface area (Å²) in [6, 6.07) is 3.66. The highest BCUT2D eigenvalue weighted by Crippen LogP contribution is 2.46. The van der Waals surface area contributed by atoms with Crippen molar-refractivity contribution in [2.75, 3.05) is 13.6 Å². The molecule has 0 aromatic carbocycles. The molecule has 23 heavy (non-hydrogen) atoms. The van der Waals surface area contributed by atoms with Gasteiger partial charge in [-0.05, 0) is 26.0 Å². The zero-order chi connectivity index (χ0) is 16.7. The third-order valence-corrected chi connectivity index (χ3v) is 5.04. The molecule has 3 heterocycles. The van der Waals surface area contributed by atoms with E-state index in [1.165, 1.54) is 0 Å². The molecular weight excluding hydrogens is 292 g/mol. The summed E-state index contributed by atoms with van der Waals surface area (Å²) < 4.78 is 5.30. The number of hydrogen-bond acceptors (Lipinski definition) is 4. The number of aromatic amines is 1. The van der Waals surface area contributed by atoms with Gasteiger partial charge in [-0.15, -0.1) is 5.10 Å². The summed E-state index contributed by atoms with van der Waals surface area (Å²) in [5.74, 6) is 2.84. The molecule has 3 rings (SSSR count). The van der Waals surface area contributed by atoms with Gasteiger partial charge in [-0.2, -0.15) is 0 Å². The molecule has 0 unspecified atom stereocenters. The number of rotatable bonds is 3. The Bertz CT molecular complexity index is 698. The second kappa shape index (κ2) is 5.40. The van der Waals surface area contributed by atoms with Crippen molar-refractivity contribution >= 4 is 5.96 Å². The number of nitrogens with zero attached hydrogens (tertiary/aromatic N) is 4. The normalized spacial score (nSPS) is 19.5. The molecule has 0 spiro atoms. The van der Waals surface area contributed by atoms with Gasteiger partial charge in [0.15, 0.2) is 11.7 Å². The molecule has 0 saturated carbocycles. The summed E-state index contributed by atoms with van der Waals surface area (Å²) in [7, 11) is 1.80. The van der Waals surface area contributed by atoms with Crippen LogP contribution in [0.3, 0.4) is 0 Å². The number of aromatic nitrogens is 3. The maximum atomic E-state index is 5.30. The first-order valence-corrected chi connectivity index (χ1v) is 7.78. The van der Waals surface area contributed by atoms with Crippen LogP contribution >= 0.6 is 0 Å². The van der Waals surface area contributed by atoms with E-state index in [0.717, 1.165) is 18.3 Å². The lowest BCUT2D eigenvalue weighted by Gasteiger charge is -2.62. The van der Waals surface area contributed by atoms with Crippen molar-refractivity contribution in [3.05, 3.63) is 24.2 Å². The predicted molar refractivity (Wildman–Crippen MR) is 88.8 cm³/mol. The fraction of sp³-hybridized carbons (Fsp3) is 0.562. The third kappa shape index (κ3) is 2.60. The first kappa shape index (κ1) is 15.6. The van der Waals surface area contributed by atoms with Gasteiger partial charge < -0.3 is 14.6 Å². The first-order chi connectivity index (χ1) is 10.8. The molecule has 0 aliphatic carbocycles. The van der Waals surface area contributed by atoms with Crippen molar-refractivity contribution in [1.29, 1.82) is 0 Å². The highest BCUT2D eigenvalue weighted by Gasteiger charge is 2.53. The Morgan fingerprint density at radius 1 is 1.43 bits per heavy atom. The summed E-state index contributed by atoms with van der Waals surface area (Å²) >= 11 is 0. The van der Waals surface area contributed by atoms with Crippen LogP contribution in [-0.2, 0) is 6.54 Å². The zero-order valence-corrected chi connectivity index (χ0v) is 14.3. The largest absolute Gasteiger partial charge is 0.461 e. The van der Waals surface area contributed by atoms with Crippen molar-refractivity contribution in [3.8, 4) is 11.6 Å². The first-order valence-electron chi connectivity index (χ1n) is 7.78. The SMILES string of the molecule is CN=C(NCc1nc(-c2ccco2)n[nH]1)N1CC(C)(C)C1(C)C. The Balaban J connectivity index is 1.64. The Morgan fingerprint density at radius 3 is 2.78 bits per heavy atom. The molecular formula is C16H24N6O. The molecule has 0 radical (unpaired) electrons. The van der Waals surface area contributed by atoms with E-state index in [9.17, 15) is 0 Å². The number of guanidine groups is 1. The molecule has 1 fully saturated rings. The van der Waals surface area contributed by atoms with Gasteiger partial charge >= 0.3 is 0 Å². The minimum atomic E-state index is 0.0651. The summed E-state index contributed by atoms with van der Waals surface area (Å²) in [6.45, 7) is 10.6. The van der Waals surface area contributed by atoms with E-state index >= 15 is 0 Å². The van der Waals surface area contributed by atoms with E-state index in [1.54, 1.807) is 13.3 Å². The van der Waals surface area contributed by atoms with Crippen LogP contribution in [0, 0.1) is 5.41 Å². The second-order valence-electron chi connectivity index (χ2n) is 7.01. The van der Waals surface area contributed by atoms with E-state index in [1.807, 2.05) is 12.1 Å². The highest BCUT2D eigenvalue weighted by molar-refractivity contribution is 5.81. The minimum Gasteiger partial charge on any atom is -0.461 e. The van der Waals surface area contributed by atoms with Crippen LogP contribution < -0.4 is 5.32 Å². The smallest absolute Gasteiger partial charge is 0.216 e. The Labute approximate surface area is 136 Å². The highest BCUT2D eigenvalue weighted by atomic mass is 16.3. The number of likely N-dealkylation sites (tertiary alicyclic amines) is 1. The summed E-state index contributed by atoms with van der Waals surface area (Å²) in [6.07, 6.45) is 1.61. The van der Waals surface area contributed by atoms with E-state index in [0.29, 0.717) is 18.1 Å². The molecule has 2 aromatic rings. The van der Waals surface area contributed by atoms with Crippen molar-refractivity contribution in [3.63, 3.8) is 0 Å². The molecule has 1 saturated heterocycles. The summed E-state index contributed by atoms with van der Waals surface area (Å²) in [5, 5.41) is 10.4. The zero-order valence-electron chi connectivity index (χ0n) is 14.3. The van der Waals surface area contributed by atoms with Crippen LogP contribution in [0.2, 0.25) is 0 Å². The maximum absolute atomic E-state index is 5.30. The third-order valence-electron chi connectivity index (χ3n) is 5.04. The lowest BCUT2D eigenvalue weighted by Crippen LogP contribution is -2.72. The van der Waals surface area contributed by atoms with Gasteiger partial charge in [0.2, 0.25) is 5.82 Å². The number of hydrogen-bond donors (Lipinski definition) is 2. The molecule has 2 aromatic heterocycles. The summed E-state index contributed by atoms with van der Waals surface area (Å²) in [5.41, 5.74) is 0.332. The second-order valence-corrected chi connectivity index (χ2v) is 7.01. The number of aliphatic imine (C=N–C) groups is 1. The fourth-order valence-electron chi connectivity index (χ4n) is 2.75. The molecule has 0 amide bonds. The van der Waals surface area contributed by atoms with Gasteiger partial charge in [0.1, 0.15) is 5.82 Å². The molecule has 1 aliphatic rings. The molecule has 7 heteroatoms. The van der Waals surface area contributed by atoms with Crippen molar-refractivity contribution in [1.82, 2.24) is 25.4 Å². The fourth-order valence-corrected chi connectivity index (χ4v) is 2.75. The van der Waals surface area contributed by atoms with E-state index in [4.69, 9.17) is 4.42 Å². The van der Waals surface area contributed by atoms with Crippen LogP contribution in [-0.4, -0.2) is 45.2 Å². The van der Waals surface area contributed by atoms with Crippen LogP contribution in [0.5, 0.6) is 0 Å². The molecule has 2 N–H and O–H groups in total. The summed E-state index contributed by atoms with van der Waals surface area (Å²) in [4.78, 5) is 11.1. The molecule has 1 aliphatic heterocycles. The molecule has 0 bridgehead atoms. The van der Waals surface area contributed by atoms with Crippen molar-refractivity contribution in [2.24, 2.45) is 10.4 Å². The van der Waals surface area contributed by atoms with Gasteiger partial charge in [0.05, 0.1) is 12.8 Å². The van der Waals surface area contributed by atoms with Crippen molar-refractivity contribution in [2.45, 2.75) is 39.8 Å². The van der Waals surface area contributed by atoms with Crippen LogP contribution in [0.25, 0.3) is 11.6 Å². The number of furan rings is 1. The van der Waals surface area contributed by atoms with Crippen LogP contribution in [0.4, 0.5) is 0 Å². The standard InChI is InChI=1S/C16H24N6O/c1-15(2)10-22(16(15,3)4)14(17-5)18-9-12-19-13(21-20-12)11-7-6-8-23-11/h6-8H,9-10H2,1-5H3,(H,17,18)(H,19,20,21). The van der Waals surface area contributed by atoms with Gasteiger partial charge in [-0.1, -0.05) is 13.8 Å². The van der Waals surface area contributed by atoms with E-state index in [2.05, 4.69) is 58.1 Å². The molecule has 0 atom stereocenters. The average molecular weight is 316 g/mol. The monoisotopic (exact) mass is 316 g/mol. The number of nitrogens with one attached hydrogen (secondary N) is 2. The maximum Gasteiger partial charge on any atom is 0.216 e. The molecule has 124 valence electrons. The lowest BCUT2D eigenvalue weighted by atomic mass is 9.65. The Kier molecular flexibility index (Phi) is 3.66. The Hall–Kier alpha value is -2.31. The van der Waals surface area contributed by atoms with Crippen LogP contribution in [0.1, 0.15) is 33.5 Å². The minimum absolute atomic E-state index is 0.0651. The van der Waals surface area contributed by atoms with Gasteiger partial charge in [0, 0.05) is 24.5 Å². The van der Waals surface area contributed by atoms with Crippen molar-refractivity contribution < 1.29 is 4.42 Å². The van der Waals surface area contributed by atoms with Gasteiger partial charge in [-0.3, -0.25) is 10.1 Å². The van der Waals surface area contributed by atoms with Crippen LogP contribution in [0.15, 0.2) is 27.8 Å². The van der Waals surface area contributed by atoms with E-state index in [-0.39, 0.29) is 11.0 Å². The topological polar surface area (TPSA) is 82.3 Å². The van der Waals surface area contributed by atoms with Gasteiger partial charge in [0.25, 0.3) is 0 Å². The Morgan fingerprint density at radius 2 is 2.22 bits per heavy atom. The predicted octanol–water partition coefficient (Wildman–Crippen LogP) is 2.26. The lowest BCUT2D eigenvalue weighted by molar-refractivity contribution is -0.0668.